The van der Waals surface area contributed by atoms with E-state index < -0.39 is 9.84 Å². The summed E-state index contributed by atoms with van der Waals surface area (Å²) in [6.07, 6.45) is 0.550. The lowest BCUT2D eigenvalue weighted by Gasteiger charge is -2.27. The molecule has 1 N–H and O–H groups in total. The molecule has 1 aliphatic rings. The van der Waals surface area contributed by atoms with Gasteiger partial charge in [-0.15, -0.1) is 0 Å². The molecular formula is C15H13BrClNO2S. The summed E-state index contributed by atoms with van der Waals surface area (Å²) >= 11 is 9.41. The predicted molar refractivity (Wildman–Crippen MR) is 88.6 cm³/mol. The molecular weight excluding hydrogens is 374 g/mol. The predicted octanol–water partition coefficient (Wildman–Crippen LogP) is 4.43. The second-order valence-corrected chi connectivity index (χ2v) is 8.33. The number of sulfone groups is 1. The average molecular weight is 387 g/mol. The summed E-state index contributed by atoms with van der Waals surface area (Å²) in [5.41, 5.74) is 1.73. The van der Waals surface area contributed by atoms with Gasteiger partial charge >= 0.3 is 0 Å². The molecule has 1 atom stereocenters. The van der Waals surface area contributed by atoms with Crippen molar-refractivity contribution in [2.45, 2.75) is 17.4 Å². The molecule has 21 heavy (non-hydrogen) atoms. The van der Waals surface area contributed by atoms with Crippen LogP contribution in [0, 0.1) is 0 Å². The Labute approximate surface area is 137 Å². The van der Waals surface area contributed by atoms with Crippen molar-refractivity contribution in [1.29, 1.82) is 0 Å². The van der Waals surface area contributed by atoms with Crippen LogP contribution < -0.4 is 5.32 Å². The van der Waals surface area contributed by atoms with E-state index in [1.807, 2.05) is 24.3 Å². The molecule has 110 valence electrons. The summed E-state index contributed by atoms with van der Waals surface area (Å²) in [6, 6.07) is 12.7. The van der Waals surface area contributed by atoms with Gasteiger partial charge in [0.25, 0.3) is 0 Å². The SMILES string of the molecule is O=S1(=O)CCC(Nc2ccc(Cl)cc2Br)c2ccccc21. The molecule has 2 aromatic rings. The van der Waals surface area contributed by atoms with E-state index in [9.17, 15) is 8.42 Å². The number of benzene rings is 2. The summed E-state index contributed by atoms with van der Waals surface area (Å²) < 4.78 is 25.1. The Balaban J connectivity index is 1.97. The Kier molecular flexibility index (Phi) is 3.99. The maximum atomic E-state index is 12.1. The molecule has 0 amide bonds. The number of fused-ring (bicyclic) bond motifs is 1. The highest BCUT2D eigenvalue weighted by atomic mass is 79.9. The fraction of sp³-hybridized carbons (Fsp3) is 0.200. The molecule has 0 aliphatic carbocycles. The fourth-order valence-electron chi connectivity index (χ4n) is 2.53. The Morgan fingerprint density at radius 3 is 2.71 bits per heavy atom. The fourth-order valence-corrected chi connectivity index (χ4v) is 4.95. The van der Waals surface area contributed by atoms with Gasteiger partial charge in [-0.2, -0.15) is 0 Å². The summed E-state index contributed by atoms with van der Waals surface area (Å²) in [4.78, 5) is 0.429. The van der Waals surface area contributed by atoms with Gasteiger partial charge in [-0.1, -0.05) is 29.8 Å². The van der Waals surface area contributed by atoms with Crippen LogP contribution in [-0.4, -0.2) is 14.2 Å². The van der Waals surface area contributed by atoms with Crippen molar-refractivity contribution in [3.05, 3.63) is 57.5 Å². The van der Waals surface area contributed by atoms with E-state index in [1.54, 1.807) is 18.2 Å². The first-order valence-electron chi connectivity index (χ1n) is 6.51. The van der Waals surface area contributed by atoms with Crippen LogP contribution in [0.15, 0.2) is 51.8 Å². The minimum Gasteiger partial charge on any atom is -0.377 e. The van der Waals surface area contributed by atoms with Crippen molar-refractivity contribution in [2.24, 2.45) is 0 Å². The molecule has 1 aliphatic heterocycles. The number of hydrogen-bond donors (Lipinski definition) is 1. The lowest BCUT2D eigenvalue weighted by molar-refractivity contribution is 0.576. The number of hydrogen-bond acceptors (Lipinski definition) is 3. The molecule has 0 radical (unpaired) electrons. The van der Waals surface area contributed by atoms with Crippen molar-refractivity contribution in [3.8, 4) is 0 Å². The zero-order chi connectivity index (χ0) is 15.0. The van der Waals surface area contributed by atoms with E-state index in [1.165, 1.54) is 0 Å². The van der Waals surface area contributed by atoms with Crippen molar-refractivity contribution in [2.75, 3.05) is 11.1 Å². The van der Waals surface area contributed by atoms with Gasteiger partial charge in [0.2, 0.25) is 0 Å². The van der Waals surface area contributed by atoms with E-state index in [4.69, 9.17) is 11.6 Å². The first kappa shape index (κ1) is 14.9. The normalized spacial score (nSPS) is 19.8. The largest absolute Gasteiger partial charge is 0.377 e. The maximum absolute atomic E-state index is 12.1. The smallest absolute Gasteiger partial charge is 0.178 e. The molecule has 0 saturated heterocycles. The molecule has 6 heteroatoms. The van der Waals surface area contributed by atoms with Crippen LogP contribution in [0.4, 0.5) is 5.69 Å². The zero-order valence-electron chi connectivity index (χ0n) is 11.0. The summed E-state index contributed by atoms with van der Waals surface area (Å²) in [5, 5.41) is 4.05. The van der Waals surface area contributed by atoms with Crippen LogP contribution in [-0.2, 0) is 9.84 Å². The molecule has 3 nitrogen and oxygen atoms in total. The highest BCUT2D eigenvalue weighted by Gasteiger charge is 2.30. The monoisotopic (exact) mass is 385 g/mol. The molecule has 0 spiro atoms. The summed E-state index contributed by atoms with van der Waals surface area (Å²) in [6.45, 7) is 0. The van der Waals surface area contributed by atoms with Gasteiger partial charge in [0, 0.05) is 15.2 Å². The van der Waals surface area contributed by atoms with Gasteiger partial charge < -0.3 is 5.32 Å². The van der Waals surface area contributed by atoms with E-state index in [-0.39, 0.29) is 11.8 Å². The number of nitrogens with one attached hydrogen (secondary N) is 1. The highest BCUT2D eigenvalue weighted by molar-refractivity contribution is 9.10. The van der Waals surface area contributed by atoms with Crippen LogP contribution in [0.25, 0.3) is 0 Å². The highest BCUT2D eigenvalue weighted by Crippen LogP contribution is 2.36. The first-order valence-corrected chi connectivity index (χ1v) is 9.33. The second-order valence-electron chi connectivity index (χ2n) is 4.97. The van der Waals surface area contributed by atoms with Crippen molar-refractivity contribution >= 4 is 43.1 Å². The van der Waals surface area contributed by atoms with E-state index in [0.29, 0.717) is 16.3 Å². The minimum absolute atomic E-state index is 0.0257. The molecule has 3 rings (SSSR count). The molecule has 1 heterocycles. The maximum Gasteiger partial charge on any atom is 0.178 e. The lowest BCUT2D eigenvalue weighted by Crippen LogP contribution is -2.24. The third kappa shape index (κ3) is 2.96. The quantitative estimate of drug-likeness (QED) is 0.830. The van der Waals surface area contributed by atoms with Crippen molar-refractivity contribution < 1.29 is 8.42 Å². The van der Waals surface area contributed by atoms with Crippen LogP contribution in [0.3, 0.4) is 0 Å². The third-order valence-corrected chi connectivity index (χ3v) is 6.27. The van der Waals surface area contributed by atoms with Crippen LogP contribution in [0.5, 0.6) is 0 Å². The van der Waals surface area contributed by atoms with E-state index in [2.05, 4.69) is 21.2 Å². The topological polar surface area (TPSA) is 46.2 Å². The van der Waals surface area contributed by atoms with Gasteiger partial charge in [-0.05, 0) is 52.2 Å². The van der Waals surface area contributed by atoms with Crippen molar-refractivity contribution in [1.82, 2.24) is 0 Å². The molecule has 0 bridgehead atoms. The standard InChI is InChI=1S/C15H13BrClNO2S/c16-12-9-10(17)5-6-14(12)18-13-7-8-21(19,20)15-4-2-1-3-11(13)15/h1-6,9,13,18H,7-8H2. The minimum atomic E-state index is -3.16. The van der Waals surface area contributed by atoms with Crippen LogP contribution >= 0.6 is 27.5 Å². The average Bonchev–Trinajstić information content (AvgIpc) is 2.45. The van der Waals surface area contributed by atoms with Gasteiger partial charge in [0.15, 0.2) is 9.84 Å². The molecule has 1 unspecified atom stereocenters. The Bertz CT molecular complexity index is 792. The van der Waals surface area contributed by atoms with Gasteiger partial charge in [0.1, 0.15) is 0 Å². The van der Waals surface area contributed by atoms with Crippen molar-refractivity contribution in [3.63, 3.8) is 0 Å². The molecule has 2 aromatic carbocycles. The van der Waals surface area contributed by atoms with Gasteiger partial charge in [0.05, 0.1) is 16.7 Å². The zero-order valence-corrected chi connectivity index (χ0v) is 14.2. The van der Waals surface area contributed by atoms with Crippen LogP contribution in [0.1, 0.15) is 18.0 Å². The second kappa shape index (κ2) is 5.63. The molecule has 0 fully saturated rings. The molecule has 0 aromatic heterocycles. The number of rotatable bonds is 2. The number of halogens is 2. The van der Waals surface area contributed by atoms with Crippen LogP contribution in [0.2, 0.25) is 5.02 Å². The first-order chi connectivity index (χ1) is 9.97. The lowest BCUT2D eigenvalue weighted by atomic mass is 10.0. The summed E-state index contributed by atoms with van der Waals surface area (Å²) in [5.74, 6) is 0.160. The Hall–Kier alpha value is -1.04. The Morgan fingerprint density at radius 2 is 1.95 bits per heavy atom. The molecule has 0 saturated carbocycles. The summed E-state index contributed by atoms with van der Waals surface area (Å²) in [7, 11) is -3.16. The van der Waals surface area contributed by atoms with E-state index >= 15 is 0 Å². The van der Waals surface area contributed by atoms with E-state index in [0.717, 1.165) is 15.7 Å². The Morgan fingerprint density at radius 1 is 1.19 bits per heavy atom. The third-order valence-electron chi connectivity index (χ3n) is 3.57. The van der Waals surface area contributed by atoms with Gasteiger partial charge in [-0.25, -0.2) is 8.42 Å². The van der Waals surface area contributed by atoms with Gasteiger partial charge in [-0.3, -0.25) is 0 Å². The number of anilines is 1.